The van der Waals surface area contributed by atoms with E-state index in [1.54, 1.807) is 0 Å². The second-order valence-electron chi connectivity index (χ2n) is 6.12. The standard InChI is InChI=1S/C15H20F2N2/c1-10-8-18-15(2,11-6-7-11)9-19(10)14-12(16)4-3-5-13(14)17/h3-5,10-11,18H,6-9H2,1-2H3. The lowest BCUT2D eigenvalue weighted by molar-refractivity contribution is 0.258. The van der Waals surface area contributed by atoms with Crippen molar-refractivity contribution >= 4 is 5.69 Å². The highest BCUT2D eigenvalue weighted by Gasteiger charge is 2.46. The maximum Gasteiger partial charge on any atom is 0.149 e. The molecule has 1 saturated heterocycles. The molecule has 1 aromatic rings. The van der Waals surface area contributed by atoms with Crippen LogP contribution in [-0.4, -0.2) is 24.7 Å². The summed E-state index contributed by atoms with van der Waals surface area (Å²) in [7, 11) is 0. The zero-order chi connectivity index (χ0) is 13.6. The lowest BCUT2D eigenvalue weighted by Gasteiger charge is -2.46. The Kier molecular flexibility index (Phi) is 3.01. The van der Waals surface area contributed by atoms with Crippen LogP contribution >= 0.6 is 0 Å². The van der Waals surface area contributed by atoms with Crippen LogP contribution in [0.3, 0.4) is 0 Å². The average molecular weight is 266 g/mol. The molecule has 1 N–H and O–H groups in total. The van der Waals surface area contributed by atoms with Crippen LogP contribution in [0.5, 0.6) is 0 Å². The molecule has 0 spiro atoms. The van der Waals surface area contributed by atoms with E-state index in [4.69, 9.17) is 0 Å². The van der Waals surface area contributed by atoms with Crippen LogP contribution in [-0.2, 0) is 0 Å². The minimum absolute atomic E-state index is 0.0266. The Balaban J connectivity index is 1.93. The first kappa shape index (κ1) is 12.9. The van der Waals surface area contributed by atoms with Gasteiger partial charge in [0.1, 0.15) is 17.3 Å². The van der Waals surface area contributed by atoms with Crippen LogP contribution < -0.4 is 10.2 Å². The molecule has 2 nitrogen and oxygen atoms in total. The van der Waals surface area contributed by atoms with Crippen LogP contribution in [0.2, 0.25) is 0 Å². The highest BCUT2D eigenvalue weighted by molar-refractivity contribution is 5.51. The minimum atomic E-state index is -0.466. The van der Waals surface area contributed by atoms with Gasteiger partial charge in [0.25, 0.3) is 0 Å². The second kappa shape index (κ2) is 4.44. The highest BCUT2D eigenvalue weighted by Crippen LogP contribution is 2.42. The summed E-state index contributed by atoms with van der Waals surface area (Å²) in [6.45, 7) is 5.60. The highest BCUT2D eigenvalue weighted by atomic mass is 19.1. The van der Waals surface area contributed by atoms with Crippen LogP contribution in [0.1, 0.15) is 26.7 Å². The van der Waals surface area contributed by atoms with Gasteiger partial charge in [-0.1, -0.05) is 6.07 Å². The third-order valence-electron chi connectivity index (χ3n) is 4.54. The molecule has 19 heavy (non-hydrogen) atoms. The molecule has 1 saturated carbocycles. The Morgan fingerprint density at radius 2 is 1.89 bits per heavy atom. The van der Waals surface area contributed by atoms with E-state index in [-0.39, 0.29) is 17.3 Å². The van der Waals surface area contributed by atoms with Crippen molar-refractivity contribution in [1.29, 1.82) is 0 Å². The van der Waals surface area contributed by atoms with Crippen molar-refractivity contribution in [2.45, 2.75) is 38.3 Å². The zero-order valence-electron chi connectivity index (χ0n) is 11.4. The molecular weight excluding hydrogens is 246 g/mol. The monoisotopic (exact) mass is 266 g/mol. The number of benzene rings is 1. The van der Waals surface area contributed by atoms with E-state index in [0.29, 0.717) is 12.5 Å². The van der Waals surface area contributed by atoms with Crippen molar-refractivity contribution in [2.24, 2.45) is 5.92 Å². The summed E-state index contributed by atoms with van der Waals surface area (Å²) < 4.78 is 27.9. The summed E-state index contributed by atoms with van der Waals surface area (Å²) >= 11 is 0. The van der Waals surface area contributed by atoms with Crippen molar-refractivity contribution in [3.8, 4) is 0 Å². The van der Waals surface area contributed by atoms with E-state index >= 15 is 0 Å². The smallest absolute Gasteiger partial charge is 0.149 e. The lowest BCUT2D eigenvalue weighted by Crippen LogP contribution is -2.63. The van der Waals surface area contributed by atoms with E-state index in [1.165, 1.54) is 31.0 Å². The molecule has 0 radical (unpaired) electrons. The van der Waals surface area contributed by atoms with Gasteiger partial charge < -0.3 is 10.2 Å². The number of nitrogens with zero attached hydrogens (tertiary/aromatic N) is 1. The molecular formula is C15H20F2N2. The van der Waals surface area contributed by atoms with Gasteiger partial charge in [0, 0.05) is 24.7 Å². The second-order valence-corrected chi connectivity index (χ2v) is 6.12. The third kappa shape index (κ3) is 2.22. The average Bonchev–Trinajstić information content (AvgIpc) is 3.18. The maximum absolute atomic E-state index is 14.0. The summed E-state index contributed by atoms with van der Waals surface area (Å²) in [4.78, 5) is 1.89. The molecule has 1 aliphatic carbocycles. The fraction of sp³-hybridized carbons (Fsp3) is 0.600. The van der Waals surface area contributed by atoms with E-state index in [2.05, 4.69) is 12.2 Å². The first-order valence-electron chi connectivity index (χ1n) is 6.97. The van der Waals surface area contributed by atoms with Gasteiger partial charge in [-0.2, -0.15) is 0 Å². The summed E-state index contributed by atoms with van der Waals surface area (Å²) in [5.74, 6) is -0.295. The Labute approximate surface area is 112 Å². The molecule has 3 rings (SSSR count). The number of para-hydroxylation sites is 1. The molecule has 0 amide bonds. The molecule has 0 bridgehead atoms. The van der Waals surface area contributed by atoms with Crippen LogP contribution in [0, 0.1) is 17.6 Å². The van der Waals surface area contributed by atoms with Gasteiger partial charge in [0.05, 0.1) is 0 Å². The van der Waals surface area contributed by atoms with Crippen molar-refractivity contribution in [3.05, 3.63) is 29.8 Å². The fourth-order valence-electron chi connectivity index (χ4n) is 3.11. The van der Waals surface area contributed by atoms with E-state index < -0.39 is 11.6 Å². The fourth-order valence-corrected chi connectivity index (χ4v) is 3.11. The van der Waals surface area contributed by atoms with Crippen molar-refractivity contribution in [3.63, 3.8) is 0 Å². The van der Waals surface area contributed by atoms with Gasteiger partial charge in [0.15, 0.2) is 0 Å². The number of hydrogen-bond donors (Lipinski definition) is 1. The Morgan fingerprint density at radius 3 is 2.47 bits per heavy atom. The predicted molar refractivity (Wildman–Crippen MR) is 72.3 cm³/mol. The first-order valence-corrected chi connectivity index (χ1v) is 6.97. The van der Waals surface area contributed by atoms with Crippen molar-refractivity contribution < 1.29 is 8.78 Å². The number of rotatable bonds is 2. The largest absolute Gasteiger partial charge is 0.361 e. The molecule has 2 fully saturated rings. The van der Waals surface area contributed by atoms with Gasteiger partial charge in [-0.15, -0.1) is 0 Å². The summed E-state index contributed by atoms with van der Waals surface area (Å²) in [6.07, 6.45) is 2.43. The molecule has 1 heterocycles. The van der Waals surface area contributed by atoms with Crippen molar-refractivity contribution in [1.82, 2.24) is 5.32 Å². The first-order chi connectivity index (χ1) is 9.01. The predicted octanol–water partition coefficient (Wildman–Crippen LogP) is 2.93. The number of piperazine rings is 1. The number of hydrogen-bond acceptors (Lipinski definition) is 2. The molecule has 4 heteroatoms. The number of nitrogens with one attached hydrogen (secondary N) is 1. The Morgan fingerprint density at radius 1 is 1.26 bits per heavy atom. The van der Waals surface area contributed by atoms with Crippen LogP contribution in [0.4, 0.5) is 14.5 Å². The molecule has 2 aliphatic rings. The summed E-state index contributed by atoms with van der Waals surface area (Å²) in [5.41, 5.74) is 0.102. The molecule has 2 unspecified atom stereocenters. The van der Waals surface area contributed by atoms with Gasteiger partial charge in [-0.05, 0) is 44.7 Å². The van der Waals surface area contributed by atoms with E-state index in [0.717, 1.165) is 6.54 Å². The molecule has 1 aromatic carbocycles. The molecule has 2 atom stereocenters. The van der Waals surface area contributed by atoms with E-state index in [1.807, 2.05) is 11.8 Å². The number of halogens is 2. The molecule has 104 valence electrons. The van der Waals surface area contributed by atoms with Gasteiger partial charge in [-0.3, -0.25) is 0 Å². The normalized spacial score (nSPS) is 31.6. The quantitative estimate of drug-likeness (QED) is 0.885. The molecule has 1 aliphatic heterocycles. The zero-order valence-corrected chi connectivity index (χ0v) is 11.4. The molecule has 0 aromatic heterocycles. The van der Waals surface area contributed by atoms with Gasteiger partial charge >= 0.3 is 0 Å². The van der Waals surface area contributed by atoms with Crippen LogP contribution in [0.15, 0.2) is 18.2 Å². The summed E-state index contributed by atoms with van der Waals surface area (Å²) in [5, 5.41) is 3.56. The SMILES string of the molecule is CC1CNC(C)(C2CC2)CN1c1c(F)cccc1F. The van der Waals surface area contributed by atoms with Gasteiger partial charge in [-0.25, -0.2) is 8.78 Å². The third-order valence-corrected chi connectivity index (χ3v) is 4.54. The topological polar surface area (TPSA) is 15.3 Å². The Bertz CT molecular complexity index is 467. The van der Waals surface area contributed by atoms with Crippen LogP contribution in [0.25, 0.3) is 0 Å². The minimum Gasteiger partial charge on any atom is -0.361 e. The number of anilines is 1. The lowest BCUT2D eigenvalue weighted by atomic mass is 9.90. The summed E-state index contributed by atoms with van der Waals surface area (Å²) in [6, 6.07) is 4.18. The van der Waals surface area contributed by atoms with E-state index in [9.17, 15) is 8.78 Å². The van der Waals surface area contributed by atoms with Gasteiger partial charge in [0.2, 0.25) is 0 Å². The Hall–Kier alpha value is -1.16. The van der Waals surface area contributed by atoms with Crippen molar-refractivity contribution in [2.75, 3.05) is 18.0 Å². The maximum atomic E-state index is 14.0.